The lowest BCUT2D eigenvalue weighted by molar-refractivity contribution is 0.407. The Bertz CT molecular complexity index is 346. The lowest BCUT2D eigenvalue weighted by atomic mass is 10.1. The summed E-state index contributed by atoms with van der Waals surface area (Å²) in [6.45, 7) is 3.35. The summed E-state index contributed by atoms with van der Waals surface area (Å²) < 4.78 is 5.37. The van der Waals surface area contributed by atoms with Crippen LogP contribution in [0.1, 0.15) is 24.8 Å². The zero-order chi connectivity index (χ0) is 12.6. The van der Waals surface area contributed by atoms with Crippen molar-refractivity contribution in [1.29, 1.82) is 0 Å². The number of rotatable bonds is 5. The zero-order valence-electron chi connectivity index (χ0n) is 11.2. The van der Waals surface area contributed by atoms with Gasteiger partial charge in [-0.25, -0.2) is 0 Å². The summed E-state index contributed by atoms with van der Waals surface area (Å²) in [4.78, 5) is 0. The molecule has 2 rings (SSSR count). The van der Waals surface area contributed by atoms with Crippen LogP contribution in [0.5, 0.6) is 5.75 Å². The molecule has 1 fully saturated rings. The number of methoxy groups -OCH3 is 1. The van der Waals surface area contributed by atoms with Gasteiger partial charge in [-0.15, -0.1) is 0 Å². The number of para-hydroxylation sites is 1. The standard InChI is InChI=1S/C15H24N2O/c1-18-15-7-3-2-5-13(15)8-12-17-14-6-4-10-16-11-9-14/h2-3,5,7,14,16-17H,4,6,8-12H2,1H3. The Labute approximate surface area is 110 Å². The van der Waals surface area contributed by atoms with Crippen LogP contribution < -0.4 is 15.4 Å². The fourth-order valence-corrected chi connectivity index (χ4v) is 2.54. The van der Waals surface area contributed by atoms with Gasteiger partial charge >= 0.3 is 0 Å². The van der Waals surface area contributed by atoms with Gasteiger partial charge < -0.3 is 15.4 Å². The first kappa shape index (κ1) is 13.4. The molecule has 1 unspecified atom stereocenters. The molecule has 0 spiro atoms. The highest BCUT2D eigenvalue weighted by atomic mass is 16.5. The first-order valence-corrected chi connectivity index (χ1v) is 6.96. The summed E-state index contributed by atoms with van der Waals surface area (Å²) >= 11 is 0. The van der Waals surface area contributed by atoms with Gasteiger partial charge in [-0.1, -0.05) is 18.2 Å². The van der Waals surface area contributed by atoms with Crippen molar-refractivity contribution in [1.82, 2.24) is 10.6 Å². The Morgan fingerprint density at radius 3 is 3.06 bits per heavy atom. The zero-order valence-corrected chi connectivity index (χ0v) is 11.2. The molecule has 1 atom stereocenters. The third kappa shape index (κ3) is 4.00. The quantitative estimate of drug-likeness (QED) is 0.836. The summed E-state index contributed by atoms with van der Waals surface area (Å²) in [6, 6.07) is 8.95. The lowest BCUT2D eigenvalue weighted by Gasteiger charge is -2.16. The van der Waals surface area contributed by atoms with Gasteiger partial charge in [0.05, 0.1) is 7.11 Å². The molecule has 0 aromatic heterocycles. The molecule has 1 aliphatic rings. The maximum absolute atomic E-state index is 5.37. The average molecular weight is 248 g/mol. The second-order valence-corrected chi connectivity index (χ2v) is 4.89. The molecule has 2 N–H and O–H groups in total. The number of nitrogens with one attached hydrogen (secondary N) is 2. The predicted molar refractivity (Wildman–Crippen MR) is 75.2 cm³/mol. The molecular weight excluding hydrogens is 224 g/mol. The van der Waals surface area contributed by atoms with Gasteiger partial charge in [0.15, 0.2) is 0 Å². The molecule has 3 heteroatoms. The van der Waals surface area contributed by atoms with Crippen molar-refractivity contribution in [2.75, 3.05) is 26.7 Å². The fourth-order valence-electron chi connectivity index (χ4n) is 2.54. The van der Waals surface area contributed by atoms with E-state index in [9.17, 15) is 0 Å². The minimum atomic E-state index is 0.676. The summed E-state index contributed by atoms with van der Waals surface area (Å²) in [7, 11) is 1.74. The van der Waals surface area contributed by atoms with Crippen LogP contribution >= 0.6 is 0 Å². The van der Waals surface area contributed by atoms with E-state index in [1.807, 2.05) is 12.1 Å². The van der Waals surface area contributed by atoms with Crippen molar-refractivity contribution in [3.05, 3.63) is 29.8 Å². The summed E-state index contributed by atoms with van der Waals surface area (Å²) in [5, 5.41) is 7.11. The van der Waals surface area contributed by atoms with E-state index >= 15 is 0 Å². The molecule has 0 amide bonds. The molecule has 0 bridgehead atoms. The minimum absolute atomic E-state index is 0.676. The normalized spacial score (nSPS) is 20.4. The summed E-state index contributed by atoms with van der Waals surface area (Å²) in [6.07, 6.45) is 4.85. The third-order valence-corrected chi connectivity index (χ3v) is 3.60. The van der Waals surface area contributed by atoms with Crippen LogP contribution in [-0.4, -0.2) is 32.8 Å². The molecule has 1 heterocycles. The number of ether oxygens (including phenoxy) is 1. The van der Waals surface area contributed by atoms with E-state index in [1.165, 1.54) is 31.4 Å². The van der Waals surface area contributed by atoms with Gasteiger partial charge in [0.1, 0.15) is 5.75 Å². The maximum atomic E-state index is 5.37. The topological polar surface area (TPSA) is 33.3 Å². The second-order valence-electron chi connectivity index (χ2n) is 4.89. The van der Waals surface area contributed by atoms with Gasteiger partial charge in [0.2, 0.25) is 0 Å². The smallest absolute Gasteiger partial charge is 0.122 e. The first-order chi connectivity index (χ1) is 8.90. The van der Waals surface area contributed by atoms with E-state index in [-0.39, 0.29) is 0 Å². The highest BCUT2D eigenvalue weighted by Crippen LogP contribution is 2.17. The van der Waals surface area contributed by atoms with E-state index < -0.39 is 0 Å². The van der Waals surface area contributed by atoms with Crippen molar-refractivity contribution in [3.8, 4) is 5.75 Å². The number of hydrogen-bond donors (Lipinski definition) is 2. The van der Waals surface area contributed by atoms with E-state index in [1.54, 1.807) is 7.11 Å². The maximum Gasteiger partial charge on any atom is 0.122 e. The fraction of sp³-hybridized carbons (Fsp3) is 0.600. The molecule has 0 aliphatic carbocycles. The molecule has 3 nitrogen and oxygen atoms in total. The Balaban J connectivity index is 1.77. The molecule has 1 aliphatic heterocycles. The Morgan fingerprint density at radius 1 is 1.28 bits per heavy atom. The monoisotopic (exact) mass is 248 g/mol. The SMILES string of the molecule is COc1ccccc1CCNC1CCCNCC1. The van der Waals surface area contributed by atoms with Gasteiger partial charge in [-0.05, 0) is 56.9 Å². The van der Waals surface area contributed by atoms with E-state index in [4.69, 9.17) is 4.74 Å². The molecule has 0 radical (unpaired) electrons. The third-order valence-electron chi connectivity index (χ3n) is 3.60. The van der Waals surface area contributed by atoms with Crippen molar-refractivity contribution < 1.29 is 4.74 Å². The van der Waals surface area contributed by atoms with Gasteiger partial charge in [-0.3, -0.25) is 0 Å². The highest BCUT2D eigenvalue weighted by molar-refractivity contribution is 5.33. The second kappa shape index (κ2) is 7.39. The van der Waals surface area contributed by atoms with Crippen LogP contribution in [0.15, 0.2) is 24.3 Å². The van der Waals surface area contributed by atoms with Gasteiger partial charge in [0.25, 0.3) is 0 Å². The van der Waals surface area contributed by atoms with E-state index in [0.717, 1.165) is 25.3 Å². The first-order valence-electron chi connectivity index (χ1n) is 6.96. The van der Waals surface area contributed by atoms with Crippen molar-refractivity contribution in [2.45, 2.75) is 31.7 Å². The van der Waals surface area contributed by atoms with Crippen LogP contribution in [0, 0.1) is 0 Å². The lowest BCUT2D eigenvalue weighted by Crippen LogP contribution is -2.31. The summed E-state index contributed by atoms with van der Waals surface area (Å²) in [5.74, 6) is 1.00. The largest absolute Gasteiger partial charge is 0.496 e. The Kier molecular flexibility index (Phi) is 5.49. The van der Waals surface area contributed by atoms with Crippen molar-refractivity contribution >= 4 is 0 Å². The van der Waals surface area contributed by atoms with Crippen LogP contribution in [-0.2, 0) is 6.42 Å². The average Bonchev–Trinajstić information content (AvgIpc) is 2.68. The molecule has 0 saturated carbocycles. The molecule has 1 saturated heterocycles. The van der Waals surface area contributed by atoms with Crippen LogP contribution in [0.25, 0.3) is 0 Å². The van der Waals surface area contributed by atoms with Crippen LogP contribution in [0.3, 0.4) is 0 Å². The molecule has 1 aromatic rings. The van der Waals surface area contributed by atoms with Gasteiger partial charge in [-0.2, -0.15) is 0 Å². The van der Waals surface area contributed by atoms with Crippen molar-refractivity contribution in [3.63, 3.8) is 0 Å². The van der Waals surface area contributed by atoms with E-state index in [0.29, 0.717) is 6.04 Å². The number of benzene rings is 1. The predicted octanol–water partition coefficient (Wildman–Crippen LogP) is 1.97. The molecular formula is C15H24N2O. The summed E-state index contributed by atoms with van der Waals surface area (Å²) in [5.41, 5.74) is 1.29. The van der Waals surface area contributed by atoms with Crippen LogP contribution in [0.2, 0.25) is 0 Å². The minimum Gasteiger partial charge on any atom is -0.496 e. The Morgan fingerprint density at radius 2 is 2.17 bits per heavy atom. The molecule has 1 aromatic carbocycles. The number of hydrogen-bond acceptors (Lipinski definition) is 3. The van der Waals surface area contributed by atoms with Crippen LogP contribution in [0.4, 0.5) is 0 Å². The molecule has 100 valence electrons. The molecule has 18 heavy (non-hydrogen) atoms. The highest BCUT2D eigenvalue weighted by Gasteiger charge is 2.11. The Hall–Kier alpha value is -1.06. The van der Waals surface area contributed by atoms with E-state index in [2.05, 4.69) is 22.8 Å². The van der Waals surface area contributed by atoms with Gasteiger partial charge in [0, 0.05) is 6.04 Å². The van der Waals surface area contributed by atoms with Crippen molar-refractivity contribution in [2.24, 2.45) is 0 Å².